The highest BCUT2D eigenvalue weighted by Crippen LogP contribution is 2.26. The van der Waals surface area contributed by atoms with E-state index in [-0.39, 0.29) is 5.91 Å². The zero-order chi connectivity index (χ0) is 13.8. The van der Waals surface area contributed by atoms with Crippen LogP contribution in [0.3, 0.4) is 0 Å². The zero-order valence-corrected chi connectivity index (χ0v) is 11.2. The molecule has 0 aliphatic rings. The van der Waals surface area contributed by atoms with Gasteiger partial charge in [0.1, 0.15) is 17.2 Å². The van der Waals surface area contributed by atoms with Gasteiger partial charge in [0.05, 0.1) is 19.2 Å². The van der Waals surface area contributed by atoms with Crippen LogP contribution < -0.4 is 14.8 Å². The lowest BCUT2D eigenvalue weighted by Gasteiger charge is -2.09. The average Bonchev–Trinajstić information content (AvgIpc) is 2.85. The molecular weight excluding hydrogens is 268 g/mol. The molecule has 2 aromatic rings. The van der Waals surface area contributed by atoms with Crippen LogP contribution in [0.5, 0.6) is 11.5 Å². The quantitative estimate of drug-likeness (QED) is 0.905. The number of aromatic nitrogens is 1. The number of aromatic amines is 1. The first-order chi connectivity index (χ1) is 9.12. The monoisotopic (exact) mass is 280 g/mol. The highest BCUT2D eigenvalue weighted by molar-refractivity contribution is 6.31. The third-order valence-corrected chi connectivity index (χ3v) is 2.72. The predicted octanol–water partition coefficient (Wildman–Crippen LogP) is 2.94. The highest BCUT2D eigenvalue weighted by Gasteiger charge is 2.10. The molecule has 0 radical (unpaired) electrons. The van der Waals surface area contributed by atoms with Crippen molar-refractivity contribution in [3.8, 4) is 11.5 Å². The number of amides is 1. The van der Waals surface area contributed by atoms with E-state index in [2.05, 4.69) is 10.3 Å². The first-order valence-corrected chi connectivity index (χ1v) is 5.88. The molecule has 0 atom stereocenters. The lowest BCUT2D eigenvalue weighted by molar-refractivity contribution is 0.102. The van der Waals surface area contributed by atoms with E-state index < -0.39 is 0 Å². The Morgan fingerprint density at radius 2 is 1.79 bits per heavy atom. The summed E-state index contributed by atoms with van der Waals surface area (Å²) in [6.45, 7) is 0. The van der Waals surface area contributed by atoms with Crippen LogP contribution in [0, 0.1) is 0 Å². The number of methoxy groups -OCH3 is 2. The second kappa shape index (κ2) is 5.67. The number of halogens is 1. The number of carbonyl (C=O) groups excluding carboxylic acids is 1. The van der Waals surface area contributed by atoms with Crippen molar-refractivity contribution in [2.75, 3.05) is 19.5 Å². The second-order valence-electron chi connectivity index (χ2n) is 3.79. The summed E-state index contributed by atoms with van der Waals surface area (Å²) >= 11 is 5.75. The number of benzene rings is 1. The zero-order valence-electron chi connectivity index (χ0n) is 10.5. The third-order valence-electron chi connectivity index (χ3n) is 2.50. The Hall–Kier alpha value is -2.14. The van der Waals surface area contributed by atoms with Crippen LogP contribution in [0.25, 0.3) is 0 Å². The Labute approximate surface area is 115 Å². The van der Waals surface area contributed by atoms with Gasteiger partial charge in [0.25, 0.3) is 5.91 Å². The summed E-state index contributed by atoms with van der Waals surface area (Å²) in [7, 11) is 3.09. The van der Waals surface area contributed by atoms with Gasteiger partial charge in [-0.3, -0.25) is 4.79 Å². The fourth-order valence-electron chi connectivity index (χ4n) is 1.58. The third kappa shape index (κ3) is 3.20. The first kappa shape index (κ1) is 13.3. The van der Waals surface area contributed by atoms with Crippen molar-refractivity contribution in [3.05, 3.63) is 41.2 Å². The van der Waals surface area contributed by atoms with Gasteiger partial charge < -0.3 is 19.8 Å². The van der Waals surface area contributed by atoms with Crippen molar-refractivity contribution in [2.24, 2.45) is 0 Å². The molecule has 0 fully saturated rings. The normalized spacial score (nSPS) is 10.1. The number of ether oxygens (including phenoxy) is 2. The van der Waals surface area contributed by atoms with Crippen LogP contribution in [0.4, 0.5) is 5.69 Å². The molecule has 19 heavy (non-hydrogen) atoms. The topological polar surface area (TPSA) is 63.3 Å². The summed E-state index contributed by atoms with van der Waals surface area (Å²) in [5.74, 6) is 0.903. The molecular formula is C13H13ClN2O3. The molecule has 0 aliphatic carbocycles. The minimum Gasteiger partial charge on any atom is -0.497 e. The van der Waals surface area contributed by atoms with E-state index in [0.29, 0.717) is 27.9 Å². The van der Waals surface area contributed by atoms with E-state index in [1.165, 1.54) is 0 Å². The van der Waals surface area contributed by atoms with Crippen molar-refractivity contribution in [3.63, 3.8) is 0 Å². The molecule has 0 bridgehead atoms. The molecule has 1 amide bonds. The summed E-state index contributed by atoms with van der Waals surface area (Å²) in [6.07, 6.45) is 1.54. The minimum atomic E-state index is -0.290. The fourth-order valence-corrected chi connectivity index (χ4v) is 1.74. The van der Waals surface area contributed by atoms with E-state index in [1.54, 1.807) is 44.7 Å². The predicted molar refractivity (Wildman–Crippen MR) is 73.3 cm³/mol. The van der Waals surface area contributed by atoms with Crippen LogP contribution in [0.15, 0.2) is 30.5 Å². The second-order valence-corrected chi connectivity index (χ2v) is 4.22. The summed E-state index contributed by atoms with van der Waals surface area (Å²) in [4.78, 5) is 14.7. The Morgan fingerprint density at radius 3 is 2.26 bits per heavy atom. The maximum Gasteiger partial charge on any atom is 0.272 e. The molecule has 2 rings (SSSR count). The van der Waals surface area contributed by atoms with Crippen molar-refractivity contribution in [1.29, 1.82) is 0 Å². The molecule has 0 aliphatic heterocycles. The van der Waals surface area contributed by atoms with Crippen molar-refractivity contribution in [2.45, 2.75) is 0 Å². The van der Waals surface area contributed by atoms with Gasteiger partial charge in [0.2, 0.25) is 0 Å². The molecule has 0 saturated carbocycles. The van der Waals surface area contributed by atoms with E-state index in [1.807, 2.05) is 0 Å². The molecule has 0 spiro atoms. The van der Waals surface area contributed by atoms with Gasteiger partial charge in [0, 0.05) is 30.1 Å². The number of rotatable bonds is 4. The number of carbonyl (C=O) groups is 1. The Balaban J connectivity index is 2.20. The first-order valence-electron chi connectivity index (χ1n) is 5.50. The van der Waals surface area contributed by atoms with Crippen molar-refractivity contribution in [1.82, 2.24) is 4.98 Å². The van der Waals surface area contributed by atoms with Gasteiger partial charge in [-0.15, -0.1) is 0 Å². The van der Waals surface area contributed by atoms with Gasteiger partial charge in [-0.25, -0.2) is 0 Å². The largest absolute Gasteiger partial charge is 0.497 e. The minimum absolute atomic E-state index is 0.290. The Morgan fingerprint density at radius 1 is 1.16 bits per heavy atom. The molecule has 1 heterocycles. The van der Waals surface area contributed by atoms with Crippen LogP contribution in [0.1, 0.15) is 10.5 Å². The Bertz CT molecular complexity index is 573. The highest BCUT2D eigenvalue weighted by atomic mass is 35.5. The van der Waals surface area contributed by atoms with Crippen LogP contribution in [-0.2, 0) is 0 Å². The van der Waals surface area contributed by atoms with Gasteiger partial charge >= 0.3 is 0 Å². The number of H-pyrrole nitrogens is 1. The molecule has 1 aromatic heterocycles. The molecule has 2 N–H and O–H groups in total. The lowest BCUT2D eigenvalue weighted by Crippen LogP contribution is -2.12. The van der Waals surface area contributed by atoms with E-state index >= 15 is 0 Å². The van der Waals surface area contributed by atoms with Crippen LogP contribution >= 0.6 is 11.6 Å². The maximum absolute atomic E-state index is 11.9. The SMILES string of the molecule is COc1cc(NC(=O)c2cc(Cl)c[nH]2)cc(OC)c1. The number of anilines is 1. The molecule has 0 saturated heterocycles. The van der Waals surface area contributed by atoms with E-state index in [9.17, 15) is 4.79 Å². The summed E-state index contributed by atoms with van der Waals surface area (Å²) < 4.78 is 10.3. The average molecular weight is 281 g/mol. The Kier molecular flexibility index (Phi) is 3.97. The smallest absolute Gasteiger partial charge is 0.272 e. The molecule has 6 heteroatoms. The number of hydrogen-bond acceptors (Lipinski definition) is 3. The summed E-state index contributed by atoms with van der Waals surface area (Å²) in [5, 5.41) is 3.21. The van der Waals surface area contributed by atoms with Crippen molar-refractivity contribution < 1.29 is 14.3 Å². The molecule has 5 nitrogen and oxygen atoms in total. The van der Waals surface area contributed by atoms with Crippen LogP contribution in [-0.4, -0.2) is 25.1 Å². The van der Waals surface area contributed by atoms with E-state index in [0.717, 1.165) is 0 Å². The molecule has 0 unspecified atom stereocenters. The van der Waals surface area contributed by atoms with Gasteiger partial charge in [-0.05, 0) is 6.07 Å². The van der Waals surface area contributed by atoms with Crippen molar-refractivity contribution >= 4 is 23.2 Å². The van der Waals surface area contributed by atoms with E-state index in [4.69, 9.17) is 21.1 Å². The lowest BCUT2D eigenvalue weighted by atomic mass is 10.2. The summed E-state index contributed by atoms with van der Waals surface area (Å²) in [5.41, 5.74) is 0.957. The molecule has 100 valence electrons. The molecule has 1 aromatic carbocycles. The maximum atomic E-state index is 11.9. The number of nitrogens with one attached hydrogen (secondary N) is 2. The fraction of sp³-hybridized carbons (Fsp3) is 0.154. The summed E-state index contributed by atoms with van der Waals surface area (Å²) in [6, 6.07) is 6.67. The van der Waals surface area contributed by atoms with Gasteiger partial charge in [-0.1, -0.05) is 11.6 Å². The van der Waals surface area contributed by atoms with Gasteiger partial charge in [0.15, 0.2) is 0 Å². The standard InChI is InChI=1S/C13H13ClN2O3/c1-18-10-4-9(5-11(6-10)19-2)16-13(17)12-3-8(14)7-15-12/h3-7,15H,1-2H3,(H,16,17). The van der Waals surface area contributed by atoms with Gasteiger partial charge in [-0.2, -0.15) is 0 Å². The van der Waals surface area contributed by atoms with Crippen LogP contribution in [0.2, 0.25) is 5.02 Å². The number of hydrogen-bond donors (Lipinski definition) is 2.